The van der Waals surface area contributed by atoms with Gasteiger partial charge in [0.2, 0.25) is 5.91 Å². The van der Waals surface area contributed by atoms with Crippen molar-refractivity contribution in [2.75, 3.05) is 11.5 Å². The van der Waals surface area contributed by atoms with E-state index in [4.69, 9.17) is 26.8 Å². The molecule has 0 heterocycles. The van der Waals surface area contributed by atoms with Crippen molar-refractivity contribution in [2.24, 2.45) is 11.5 Å². The first-order valence-corrected chi connectivity index (χ1v) is 7.53. The molecule has 0 spiro atoms. The zero-order chi connectivity index (χ0) is 18.6. The lowest BCUT2D eigenvalue weighted by Gasteiger charge is -2.12. The average molecular weight is 371 g/mol. The summed E-state index contributed by atoms with van der Waals surface area (Å²) in [5, 5.41) is 27.3. The van der Waals surface area contributed by atoms with Gasteiger partial charge in [-0.1, -0.05) is 0 Å². The van der Waals surface area contributed by atoms with Crippen molar-refractivity contribution in [1.29, 1.82) is 0 Å². The van der Waals surface area contributed by atoms with Gasteiger partial charge in [0.05, 0.1) is 0 Å². The number of carbonyl (C=O) groups excluding carboxylic acids is 1. The lowest BCUT2D eigenvalue weighted by atomic mass is 10.1. The van der Waals surface area contributed by atoms with Gasteiger partial charge in [-0.15, -0.1) is 0 Å². The van der Waals surface area contributed by atoms with Crippen LogP contribution in [0.4, 0.5) is 0 Å². The molecule has 1 amide bonds. The van der Waals surface area contributed by atoms with Crippen molar-refractivity contribution in [1.82, 2.24) is 5.32 Å². The Hall–Kier alpha value is -1.50. The predicted molar refractivity (Wildman–Crippen MR) is 87.7 cm³/mol. The van der Waals surface area contributed by atoms with Gasteiger partial charge in [-0.05, 0) is 6.42 Å². The maximum Gasteiger partial charge on any atom is 0.327 e. The van der Waals surface area contributed by atoms with Crippen molar-refractivity contribution in [2.45, 2.75) is 31.0 Å². The summed E-state index contributed by atoms with van der Waals surface area (Å²) in [6.45, 7) is 0. The fourth-order valence-corrected chi connectivity index (χ4v) is 1.34. The van der Waals surface area contributed by atoms with Gasteiger partial charge in [0.15, 0.2) is 0 Å². The van der Waals surface area contributed by atoms with Crippen molar-refractivity contribution in [3.8, 4) is 0 Å². The van der Waals surface area contributed by atoms with E-state index in [1.54, 1.807) is 0 Å². The van der Waals surface area contributed by atoms with Gasteiger partial charge in [0.1, 0.15) is 18.1 Å². The molecule has 3 unspecified atom stereocenters. The Morgan fingerprint density at radius 1 is 0.870 bits per heavy atom. The Bertz CT molecular complexity index is 422. The summed E-state index contributed by atoms with van der Waals surface area (Å²) in [6, 6.07) is -3.01. The van der Waals surface area contributed by atoms with Gasteiger partial charge < -0.3 is 32.1 Å². The van der Waals surface area contributed by atoms with Crippen LogP contribution in [-0.2, 0) is 19.2 Å². The van der Waals surface area contributed by atoms with Crippen molar-refractivity contribution in [3.05, 3.63) is 0 Å². The van der Waals surface area contributed by atoms with Crippen LogP contribution in [0.1, 0.15) is 12.8 Å². The van der Waals surface area contributed by atoms with E-state index in [9.17, 15) is 19.2 Å². The highest BCUT2D eigenvalue weighted by atomic mass is 32.1. The SMILES string of the molecule is NC(CCC(=O)NC(CS)C(=O)O)C(=O)O.NC(CS)C(=O)O. The van der Waals surface area contributed by atoms with Gasteiger partial charge in [0, 0.05) is 17.9 Å². The quantitative estimate of drug-likeness (QED) is 0.212. The third-order valence-electron chi connectivity index (χ3n) is 2.33. The third kappa shape index (κ3) is 12.7. The summed E-state index contributed by atoms with van der Waals surface area (Å²) in [5.74, 6) is -3.79. The number of carboxylic acids is 3. The third-order valence-corrected chi connectivity index (χ3v) is 3.09. The van der Waals surface area contributed by atoms with Crippen LogP contribution in [-0.4, -0.2) is 68.8 Å². The molecule has 0 aliphatic rings. The number of hydrogen-bond acceptors (Lipinski definition) is 8. The van der Waals surface area contributed by atoms with Crippen LogP contribution in [0.3, 0.4) is 0 Å². The highest BCUT2D eigenvalue weighted by Crippen LogP contribution is 1.97. The molecule has 0 aromatic heterocycles. The van der Waals surface area contributed by atoms with Crippen molar-refractivity contribution >= 4 is 49.1 Å². The van der Waals surface area contributed by atoms with Crippen LogP contribution in [0.15, 0.2) is 0 Å². The summed E-state index contributed by atoms with van der Waals surface area (Å²) in [6.07, 6.45) is -0.175. The minimum Gasteiger partial charge on any atom is -0.480 e. The molecule has 0 saturated carbocycles. The van der Waals surface area contributed by atoms with Crippen LogP contribution in [0, 0.1) is 0 Å². The smallest absolute Gasteiger partial charge is 0.327 e. The summed E-state index contributed by atoms with van der Waals surface area (Å²) in [7, 11) is 0. The molecule has 8 N–H and O–H groups in total. The molecule has 12 heteroatoms. The summed E-state index contributed by atoms with van der Waals surface area (Å²) in [5.41, 5.74) is 10.1. The first kappa shape index (κ1) is 23.8. The summed E-state index contributed by atoms with van der Waals surface area (Å²) in [4.78, 5) is 41.8. The standard InChI is InChI=1S/C8H14N2O5S.C3H7NO2S/c9-4(7(12)13)1-2-6(11)10-5(3-16)8(14)15;4-2(1-7)3(5)6/h4-5,16H,1-3,9H2,(H,10,11)(H,12,13)(H,14,15);2,7H,1,4H2,(H,5,6). The Labute approximate surface area is 143 Å². The van der Waals surface area contributed by atoms with E-state index in [0.29, 0.717) is 0 Å². The first-order valence-electron chi connectivity index (χ1n) is 6.27. The largest absolute Gasteiger partial charge is 0.480 e. The second-order valence-electron chi connectivity index (χ2n) is 4.25. The van der Waals surface area contributed by atoms with Gasteiger partial charge in [-0.2, -0.15) is 25.3 Å². The molecule has 0 aromatic rings. The van der Waals surface area contributed by atoms with Crippen LogP contribution < -0.4 is 16.8 Å². The van der Waals surface area contributed by atoms with E-state index in [1.165, 1.54) is 0 Å². The molecular formula is C11H21N3O7S2. The second kappa shape index (κ2) is 13.0. The molecule has 0 radical (unpaired) electrons. The molecule has 10 nitrogen and oxygen atoms in total. The van der Waals surface area contributed by atoms with Gasteiger partial charge >= 0.3 is 17.9 Å². The number of nitrogens with one attached hydrogen (secondary N) is 1. The number of thiol groups is 2. The Morgan fingerprint density at radius 2 is 1.35 bits per heavy atom. The van der Waals surface area contributed by atoms with Crippen LogP contribution in [0.2, 0.25) is 0 Å². The number of carboxylic acid groups (broad SMARTS) is 3. The zero-order valence-electron chi connectivity index (χ0n) is 12.1. The molecule has 0 rings (SSSR count). The number of nitrogens with two attached hydrogens (primary N) is 2. The highest BCUT2D eigenvalue weighted by molar-refractivity contribution is 7.80. The van der Waals surface area contributed by atoms with Crippen LogP contribution in [0.5, 0.6) is 0 Å². The molecular weight excluding hydrogens is 350 g/mol. The first-order chi connectivity index (χ1) is 10.6. The number of amides is 1. The van der Waals surface area contributed by atoms with E-state index in [1.807, 2.05) is 0 Å². The van der Waals surface area contributed by atoms with Crippen molar-refractivity contribution < 1.29 is 34.5 Å². The molecule has 0 aliphatic carbocycles. The van der Waals surface area contributed by atoms with Crippen LogP contribution >= 0.6 is 25.3 Å². The highest BCUT2D eigenvalue weighted by Gasteiger charge is 2.19. The zero-order valence-corrected chi connectivity index (χ0v) is 13.9. The molecule has 3 atom stereocenters. The van der Waals surface area contributed by atoms with Gasteiger partial charge in [0.25, 0.3) is 0 Å². The topological polar surface area (TPSA) is 193 Å². The minimum atomic E-state index is -1.20. The number of hydrogen-bond donors (Lipinski definition) is 8. The fraction of sp³-hybridized carbons (Fsp3) is 0.636. The van der Waals surface area contributed by atoms with E-state index in [0.717, 1.165) is 0 Å². The molecule has 23 heavy (non-hydrogen) atoms. The summed E-state index contributed by atoms with van der Waals surface area (Å²) < 4.78 is 0. The Morgan fingerprint density at radius 3 is 1.61 bits per heavy atom. The Balaban J connectivity index is 0. The van der Waals surface area contributed by atoms with Crippen LogP contribution in [0.25, 0.3) is 0 Å². The molecule has 0 fully saturated rings. The maximum absolute atomic E-state index is 11.2. The molecule has 134 valence electrons. The molecule has 0 bridgehead atoms. The molecule has 0 aliphatic heterocycles. The van der Waals surface area contributed by atoms with E-state index in [-0.39, 0.29) is 24.3 Å². The lowest BCUT2D eigenvalue weighted by molar-refractivity contribution is -0.141. The molecule has 0 aromatic carbocycles. The van der Waals surface area contributed by atoms with Crippen molar-refractivity contribution in [3.63, 3.8) is 0 Å². The fourth-order valence-electron chi connectivity index (χ4n) is 0.940. The average Bonchev–Trinajstić information content (AvgIpc) is 2.49. The second-order valence-corrected chi connectivity index (χ2v) is 4.98. The number of rotatable bonds is 9. The predicted octanol–water partition coefficient (Wildman–Crippen LogP) is -1.99. The maximum atomic E-state index is 11.2. The normalized spacial score (nSPS) is 13.7. The van der Waals surface area contributed by atoms with Gasteiger partial charge in [-0.3, -0.25) is 14.4 Å². The lowest BCUT2D eigenvalue weighted by Crippen LogP contribution is -2.42. The number of carbonyl (C=O) groups is 4. The molecule has 0 saturated heterocycles. The van der Waals surface area contributed by atoms with Gasteiger partial charge in [-0.25, -0.2) is 4.79 Å². The monoisotopic (exact) mass is 371 g/mol. The van der Waals surface area contributed by atoms with E-state index < -0.39 is 41.9 Å². The minimum absolute atomic E-state index is 0.0357. The number of aliphatic carboxylic acids is 3. The summed E-state index contributed by atoms with van der Waals surface area (Å²) >= 11 is 7.41. The Kier molecular flexibility index (Phi) is 13.4. The van der Waals surface area contributed by atoms with E-state index >= 15 is 0 Å². The van der Waals surface area contributed by atoms with E-state index in [2.05, 4.69) is 30.6 Å².